The molecule has 0 atom stereocenters. The third-order valence-electron chi connectivity index (χ3n) is 4.69. The molecule has 1 fully saturated rings. The van der Waals surface area contributed by atoms with Crippen LogP contribution in [0.3, 0.4) is 0 Å². The summed E-state index contributed by atoms with van der Waals surface area (Å²) in [5, 5.41) is 8.98. The first-order valence-electron chi connectivity index (χ1n) is 9.66. The fourth-order valence-electron chi connectivity index (χ4n) is 3.13. The van der Waals surface area contributed by atoms with E-state index in [1.54, 1.807) is 13.2 Å². The minimum Gasteiger partial charge on any atom is -0.493 e. The minimum absolute atomic E-state index is 0.0586. The topological polar surface area (TPSA) is 88.7 Å². The molecule has 0 spiro atoms. The first-order valence-corrected chi connectivity index (χ1v) is 9.66. The van der Waals surface area contributed by atoms with Gasteiger partial charge in [-0.25, -0.2) is 0 Å². The Morgan fingerprint density at radius 3 is 2.63 bits per heavy atom. The zero-order valence-corrected chi connectivity index (χ0v) is 16.3. The highest BCUT2D eigenvalue weighted by atomic mass is 16.5. The van der Waals surface area contributed by atoms with E-state index in [2.05, 4.69) is 16.0 Å². The van der Waals surface area contributed by atoms with Crippen molar-refractivity contribution in [3.05, 3.63) is 23.8 Å². The number of likely N-dealkylation sites (N-methyl/N-ethyl adjacent to an activating group) is 1. The van der Waals surface area contributed by atoms with E-state index in [9.17, 15) is 9.59 Å². The van der Waals surface area contributed by atoms with Crippen molar-refractivity contribution in [2.24, 2.45) is 5.92 Å². The molecule has 1 aromatic carbocycles. The Morgan fingerprint density at radius 2 is 1.93 bits per heavy atom. The lowest BCUT2D eigenvalue weighted by Gasteiger charge is -2.22. The third kappa shape index (κ3) is 7.46. The van der Waals surface area contributed by atoms with E-state index >= 15 is 0 Å². The van der Waals surface area contributed by atoms with E-state index in [-0.39, 0.29) is 18.4 Å². The molecule has 0 aromatic heterocycles. The van der Waals surface area contributed by atoms with E-state index in [4.69, 9.17) is 9.47 Å². The fraction of sp³-hybridized carbons (Fsp3) is 0.600. The van der Waals surface area contributed by atoms with Crippen LogP contribution in [0.2, 0.25) is 0 Å². The molecule has 1 aliphatic heterocycles. The Bertz CT molecular complexity index is 615. The van der Waals surface area contributed by atoms with Crippen LogP contribution in [0.15, 0.2) is 18.2 Å². The maximum absolute atomic E-state index is 12.1. The molecule has 27 heavy (non-hydrogen) atoms. The molecule has 7 heteroatoms. The van der Waals surface area contributed by atoms with Crippen LogP contribution in [0.25, 0.3) is 0 Å². The van der Waals surface area contributed by atoms with Crippen LogP contribution in [0.1, 0.15) is 38.2 Å². The van der Waals surface area contributed by atoms with Crippen molar-refractivity contribution in [3.8, 4) is 11.5 Å². The Kier molecular flexibility index (Phi) is 8.91. The van der Waals surface area contributed by atoms with Crippen LogP contribution >= 0.6 is 0 Å². The van der Waals surface area contributed by atoms with E-state index < -0.39 is 0 Å². The molecule has 0 aliphatic carbocycles. The molecular formula is C20H31N3O4. The van der Waals surface area contributed by atoms with Gasteiger partial charge in [0, 0.05) is 19.5 Å². The van der Waals surface area contributed by atoms with Gasteiger partial charge < -0.3 is 25.4 Å². The average molecular weight is 377 g/mol. The van der Waals surface area contributed by atoms with Gasteiger partial charge in [0.05, 0.1) is 7.11 Å². The van der Waals surface area contributed by atoms with Gasteiger partial charge in [0.2, 0.25) is 5.91 Å². The van der Waals surface area contributed by atoms with Crippen molar-refractivity contribution in [2.75, 3.05) is 33.4 Å². The van der Waals surface area contributed by atoms with Crippen molar-refractivity contribution in [1.29, 1.82) is 0 Å². The van der Waals surface area contributed by atoms with Crippen LogP contribution in [0.4, 0.5) is 0 Å². The first kappa shape index (κ1) is 21.0. The Hall–Kier alpha value is -2.28. The van der Waals surface area contributed by atoms with E-state index in [0.717, 1.165) is 37.9 Å². The summed E-state index contributed by atoms with van der Waals surface area (Å²) in [4.78, 5) is 23.6. The maximum atomic E-state index is 12.1. The Labute approximate surface area is 161 Å². The lowest BCUT2D eigenvalue weighted by Crippen LogP contribution is -2.29. The molecule has 0 bridgehead atoms. The number of methoxy groups -OCH3 is 1. The SMILES string of the molecule is CCNC(=O)COc1ccc(CNC(=O)CCC2CCNCC2)cc1OC. The van der Waals surface area contributed by atoms with Crippen LogP contribution in [0, 0.1) is 5.92 Å². The van der Waals surface area contributed by atoms with Gasteiger partial charge >= 0.3 is 0 Å². The second-order valence-electron chi connectivity index (χ2n) is 6.74. The van der Waals surface area contributed by atoms with Gasteiger partial charge in [-0.2, -0.15) is 0 Å². The number of rotatable bonds is 10. The Balaban J connectivity index is 1.78. The molecule has 0 radical (unpaired) electrons. The molecule has 1 heterocycles. The lowest BCUT2D eigenvalue weighted by atomic mass is 9.93. The number of nitrogens with one attached hydrogen (secondary N) is 3. The van der Waals surface area contributed by atoms with Crippen molar-refractivity contribution < 1.29 is 19.1 Å². The smallest absolute Gasteiger partial charge is 0.257 e. The summed E-state index contributed by atoms with van der Waals surface area (Å²) >= 11 is 0. The quantitative estimate of drug-likeness (QED) is 0.576. The summed E-state index contributed by atoms with van der Waals surface area (Å²) in [6, 6.07) is 5.44. The molecule has 150 valence electrons. The molecule has 7 nitrogen and oxygen atoms in total. The van der Waals surface area contributed by atoms with Crippen LogP contribution in [-0.2, 0) is 16.1 Å². The second-order valence-corrected chi connectivity index (χ2v) is 6.74. The average Bonchev–Trinajstić information content (AvgIpc) is 2.70. The number of hydrogen-bond donors (Lipinski definition) is 3. The van der Waals surface area contributed by atoms with Crippen molar-refractivity contribution >= 4 is 11.8 Å². The van der Waals surface area contributed by atoms with E-state index in [0.29, 0.717) is 36.9 Å². The second kappa shape index (κ2) is 11.4. The summed E-state index contributed by atoms with van der Waals surface area (Å²) < 4.78 is 10.8. The highest BCUT2D eigenvalue weighted by Crippen LogP contribution is 2.28. The standard InChI is InChI=1S/C20H31N3O4/c1-3-22-20(25)14-27-17-6-4-16(12-18(17)26-2)13-23-19(24)7-5-15-8-10-21-11-9-15/h4,6,12,15,21H,3,5,7-11,13-14H2,1-2H3,(H,22,25)(H,23,24). The zero-order valence-electron chi connectivity index (χ0n) is 16.3. The number of ether oxygens (including phenoxy) is 2. The van der Waals surface area contributed by atoms with Crippen molar-refractivity contribution in [3.63, 3.8) is 0 Å². The molecule has 0 unspecified atom stereocenters. The van der Waals surface area contributed by atoms with Gasteiger partial charge in [-0.15, -0.1) is 0 Å². The van der Waals surface area contributed by atoms with E-state index in [1.807, 2.05) is 19.1 Å². The zero-order chi connectivity index (χ0) is 19.5. The summed E-state index contributed by atoms with van der Waals surface area (Å²) in [7, 11) is 1.55. The number of amides is 2. The third-order valence-corrected chi connectivity index (χ3v) is 4.69. The van der Waals surface area contributed by atoms with Crippen LogP contribution < -0.4 is 25.4 Å². The first-order chi connectivity index (χ1) is 13.1. The highest BCUT2D eigenvalue weighted by Gasteiger charge is 2.14. The summed E-state index contributed by atoms with van der Waals surface area (Å²) in [5.41, 5.74) is 0.924. The number of carbonyl (C=O) groups is 2. The number of piperidine rings is 1. The molecule has 1 aliphatic rings. The van der Waals surface area contributed by atoms with Crippen LogP contribution in [-0.4, -0.2) is 45.2 Å². The van der Waals surface area contributed by atoms with Gasteiger partial charge in [0.15, 0.2) is 18.1 Å². The van der Waals surface area contributed by atoms with Crippen LogP contribution in [0.5, 0.6) is 11.5 Å². The molecule has 1 saturated heterocycles. The molecule has 3 N–H and O–H groups in total. The number of carbonyl (C=O) groups excluding carboxylic acids is 2. The van der Waals surface area contributed by atoms with Gasteiger partial charge in [-0.3, -0.25) is 9.59 Å². The number of benzene rings is 1. The molecular weight excluding hydrogens is 346 g/mol. The summed E-state index contributed by atoms with van der Waals surface area (Å²) in [5.74, 6) is 1.60. The summed E-state index contributed by atoms with van der Waals surface area (Å²) in [6.45, 7) is 4.92. The summed E-state index contributed by atoms with van der Waals surface area (Å²) in [6.07, 6.45) is 3.82. The highest BCUT2D eigenvalue weighted by molar-refractivity contribution is 5.77. The van der Waals surface area contributed by atoms with Gasteiger partial charge in [0.25, 0.3) is 5.91 Å². The Morgan fingerprint density at radius 1 is 1.15 bits per heavy atom. The molecule has 2 rings (SSSR count). The van der Waals surface area contributed by atoms with Crippen molar-refractivity contribution in [1.82, 2.24) is 16.0 Å². The normalized spacial score (nSPS) is 14.4. The van der Waals surface area contributed by atoms with Gasteiger partial charge in [-0.1, -0.05) is 6.07 Å². The van der Waals surface area contributed by atoms with Gasteiger partial charge in [-0.05, 0) is 62.9 Å². The fourth-order valence-corrected chi connectivity index (χ4v) is 3.13. The van der Waals surface area contributed by atoms with Crippen molar-refractivity contribution in [2.45, 2.75) is 39.2 Å². The predicted molar refractivity (Wildman–Crippen MR) is 104 cm³/mol. The monoisotopic (exact) mass is 377 g/mol. The van der Waals surface area contributed by atoms with E-state index in [1.165, 1.54) is 0 Å². The largest absolute Gasteiger partial charge is 0.493 e. The lowest BCUT2D eigenvalue weighted by molar-refractivity contribution is -0.123. The number of hydrogen-bond acceptors (Lipinski definition) is 5. The molecule has 2 amide bonds. The minimum atomic E-state index is -0.176. The predicted octanol–water partition coefficient (Wildman–Crippen LogP) is 1.61. The van der Waals surface area contributed by atoms with Gasteiger partial charge in [0.1, 0.15) is 0 Å². The molecule has 0 saturated carbocycles. The molecule has 1 aromatic rings. The maximum Gasteiger partial charge on any atom is 0.257 e.